The van der Waals surface area contributed by atoms with Gasteiger partial charge in [-0.3, -0.25) is 4.90 Å². The van der Waals surface area contributed by atoms with E-state index in [0.717, 1.165) is 0 Å². The van der Waals surface area contributed by atoms with Crippen molar-refractivity contribution in [2.45, 2.75) is 31.5 Å². The average molecular weight is 256 g/mol. The first-order chi connectivity index (χ1) is 7.70. The topological polar surface area (TPSA) is 29.3 Å². The van der Waals surface area contributed by atoms with Crippen LogP contribution in [0.1, 0.15) is 24.9 Å². The molecule has 1 aromatic rings. The zero-order valence-electron chi connectivity index (χ0n) is 9.93. The normalized spacial score (nSPS) is 24.9. The summed E-state index contributed by atoms with van der Waals surface area (Å²) in [7, 11) is 2.22. The van der Waals surface area contributed by atoms with E-state index in [2.05, 4.69) is 47.5 Å². The van der Waals surface area contributed by atoms with Gasteiger partial charge in [0, 0.05) is 17.8 Å². The quantitative estimate of drug-likeness (QED) is 0.898. The van der Waals surface area contributed by atoms with Crippen LogP contribution in [0.15, 0.2) is 16.8 Å². The maximum absolute atomic E-state index is 6.15. The predicted octanol–water partition coefficient (Wildman–Crippen LogP) is 2.57. The summed E-state index contributed by atoms with van der Waals surface area (Å²) in [4.78, 5) is 2.48. The molecule has 1 aromatic heterocycles. The molecule has 0 amide bonds. The number of rotatable bonds is 4. The van der Waals surface area contributed by atoms with Gasteiger partial charge in [-0.2, -0.15) is 23.1 Å². The van der Waals surface area contributed by atoms with E-state index in [1.807, 2.05) is 0 Å². The fraction of sp³-hybridized carbons (Fsp3) is 0.667. The third-order valence-electron chi connectivity index (χ3n) is 3.30. The average Bonchev–Trinajstić information content (AvgIpc) is 2.89. The number of nitrogens with zero attached hydrogens (tertiary/aromatic N) is 1. The van der Waals surface area contributed by atoms with E-state index < -0.39 is 0 Å². The van der Waals surface area contributed by atoms with Gasteiger partial charge in [0.15, 0.2) is 0 Å². The van der Waals surface area contributed by atoms with Crippen molar-refractivity contribution in [3.05, 3.63) is 22.4 Å². The van der Waals surface area contributed by atoms with Crippen molar-refractivity contribution in [3.63, 3.8) is 0 Å². The highest BCUT2D eigenvalue weighted by molar-refractivity contribution is 7.99. The maximum atomic E-state index is 6.15. The SMILES string of the molecule is CC(N)C(c1ccsc1)N(C)C1CCSC1. The van der Waals surface area contributed by atoms with Gasteiger partial charge in [-0.05, 0) is 48.5 Å². The standard InChI is InChI=1S/C12H20N2S2/c1-9(13)12(10-3-5-15-7-10)14(2)11-4-6-16-8-11/h3,5,7,9,11-12H,4,6,8,13H2,1-2H3. The van der Waals surface area contributed by atoms with Crippen LogP contribution in [0.4, 0.5) is 0 Å². The largest absolute Gasteiger partial charge is 0.326 e. The van der Waals surface area contributed by atoms with Crippen LogP contribution < -0.4 is 5.73 Å². The summed E-state index contributed by atoms with van der Waals surface area (Å²) in [5.74, 6) is 2.55. The van der Waals surface area contributed by atoms with Crippen LogP contribution >= 0.6 is 23.1 Å². The maximum Gasteiger partial charge on any atom is 0.0504 e. The van der Waals surface area contributed by atoms with Crippen molar-refractivity contribution in [3.8, 4) is 0 Å². The van der Waals surface area contributed by atoms with Gasteiger partial charge in [-0.25, -0.2) is 0 Å². The summed E-state index contributed by atoms with van der Waals surface area (Å²) in [6.45, 7) is 2.11. The Hall–Kier alpha value is -0.0300. The van der Waals surface area contributed by atoms with E-state index in [-0.39, 0.29) is 6.04 Å². The Labute approximate surface area is 106 Å². The Morgan fingerprint density at radius 2 is 2.38 bits per heavy atom. The molecule has 2 N–H and O–H groups in total. The van der Waals surface area contributed by atoms with Gasteiger partial charge in [-0.1, -0.05) is 0 Å². The molecule has 1 fully saturated rings. The Bertz CT molecular complexity index is 305. The van der Waals surface area contributed by atoms with E-state index >= 15 is 0 Å². The third kappa shape index (κ3) is 2.62. The molecule has 16 heavy (non-hydrogen) atoms. The molecule has 2 rings (SSSR count). The minimum absolute atomic E-state index is 0.185. The first-order valence-corrected chi connectivity index (χ1v) is 7.87. The van der Waals surface area contributed by atoms with Crippen molar-refractivity contribution in [2.75, 3.05) is 18.6 Å². The number of thioether (sulfide) groups is 1. The van der Waals surface area contributed by atoms with E-state index in [0.29, 0.717) is 12.1 Å². The van der Waals surface area contributed by atoms with E-state index in [1.54, 1.807) is 11.3 Å². The Morgan fingerprint density at radius 1 is 1.56 bits per heavy atom. The minimum atomic E-state index is 0.185. The Kier molecular flexibility index (Phi) is 4.30. The van der Waals surface area contributed by atoms with Crippen LogP contribution in [0, 0.1) is 0 Å². The molecular weight excluding hydrogens is 236 g/mol. The zero-order valence-corrected chi connectivity index (χ0v) is 11.6. The molecular formula is C12H20N2S2. The molecule has 1 aliphatic heterocycles. The first kappa shape index (κ1) is 12.4. The summed E-state index contributed by atoms with van der Waals surface area (Å²) in [5.41, 5.74) is 7.53. The van der Waals surface area contributed by atoms with Crippen LogP contribution in [0.3, 0.4) is 0 Å². The molecule has 2 nitrogen and oxygen atoms in total. The van der Waals surface area contributed by atoms with Gasteiger partial charge >= 0.3 is 0 Å². The highest BCUT2D eigenvalue weighted by atomic mass is 32.2. The predicted molar refractivity (Wildman–Crippen MR) is 74.2 cm³/mol. The summed E-state index contributed by atoms with van der Waals surface area (Å²) in [6.07, 6.45) is 1.30. The van der Waals surface area contributed by atoms with E-state index in [4.69, 9.17) is 5.73 Å². The first-order valence-electron chi connectivity index (χ1n) is 5.77. The monoisotopic (exact) mass is 256 g/mol. The molecule has 0 spiro atoms. The summed E-state index contributed by atoms with van der Waals surface area (Å²) >= 11 is 3.81. The molecule has 1 aliphatic rings. The van der Waals surface area contributed by atoms with Gasteiger partial charge in [0.25, 0.3) is 0 Å². The van der Waals surface area contributed by atoms with Gasteiger partial charge in [0.2, 0.25) is 0 Å². The van der Waals surface area contributed by atoms with Crippen molar-refractivity contribution < 1.29 is 0 Å². The number of likely N-dealkylation sites (N-methyl/N-ethyl adjacent to an activating group) is 1. The molecule has 2 heterocycles. The van der Waals surface area contributed by atoms with Crippen molar-refractivity contribution in [1.29, 1.82) is 0 Å². The molecule has 90 valence electrons. The van der Waals surface area contributed by atoms with Crippen LogP contribution in [0.5, 0.6) is 0 Å². The highest BCUT2D eigenvalue weighted by Crippen LogP contribution is 2.31. The Balaban J connectivity index is 2.12. The molecule has 0 aliphatic carbocycles. The third-order valence-corrected chi connectivity index (χ3v) is 5.15. The van der Waals surface area contributed by atoms with Crippen molar-refractivity contribution >= 4 is 23.1 Å². The lowest BCUT2D eigenvalue weighted by Crippen LogP contribution is -2.42. The number of nitrogens with two attached hydrogens (primary N) is 1. The van der Waals surface area contributed by atoms with Crippen LogP contribution in [-0.2, 0) is 0 Å². The molecule has 0 radical (unpaired) electrons. The van der Waals surface area contributed by atoms with Crippen LogP contribution in [-0.4, -0.2) is 35.5 Å². The fourth-order valence-corrected chi connectivity index (χ4v) is 4.39. The highest BCUT2D eigenvalue weighted by Gasteiger charge is 2.29. The van der Waals surface area contributed by atoms with Crippen molar-refractivity contribution in [2.24, 2.45) is 5.73 Å². The molecule has 1 saturated heterocycles. The lowest BCUT2D eigenvalue weighted by atomic mass is 10.0. The van der Waals surface area contributed by atoms with Gasteiger partial charge in [0.1, 0.15) is 0 Å². The Morgan fingerprint density at radius 3 is 2.88 bits per heavy atom. The fourth-order valence-electron chi connectivity index (χ4n) is 2.42. The van der Waals surface area contributed by atoms with Gasteiger partial charge in [-0.15, -0.1) is 0 Å². The van der Waals surface area contributed by atoms with Crippen molar-refractivity contribution in [1.82, 2.24) is 4.90 Å². The summed E-state index contributed by atoms with van der Waals surface area (Å²) in [6, 6.07) is 3.46. The van der Waals surface area contributed by atoms with Gasteiger partial charge in [0.05, 0.1) is 6.04 Å². The van der Waals surface area contributed by atoms with Crippen LogP contribution in [0.2, 0.25) is 0 Å². The summed E-state index contributed by atoms with van der Waals surface area (Å²) < 4.78 is 0. The van der Waals surface area contributed by atoms with E-state index in [9.17, 15) is 0 Å². The molecule has 4 heteroatoms. The molecule has 3 unspecified atom stereocenters. The lowest BCUT2D eigenvalue weighted by Gasteiger charge is -2.35. The molecule has 0 aromatic carbocycles. The zero-order chi connectivity index (χ0) is 11.5. The molecule has 3 atom stereocenters. The molecule has 0 bridgehead atoms. The van der Waals surface area contributed by atoms with E-state index in [1.165, 1.54) is 23.5 Å². The minimum Gasteiger partial charge on any atom is -0.326 e. The number of thiophene rings is 1. The second-order valence-electron chi connectivity index (χ2n) is 4.54. The molecule has 0 saturated carbocycles. The smallest absolute Gasteiger partial charge is 0.0504 e. The summed E-state index contributed by atoms with van der Waals surface area (Å²) in [5, 5.41) is 4.37. The second kappa shape index (κ2) is 5.54. The van der Waals surface area contributed by atoms with Crippen LogP contribution in [0.25, 0.3) is 0 Å². The number of hydrogen-bond donors (Lipinski definition) is 1. The second-order valence-corrected chi connectivity index (χ2v) is 6.47. The lowest BCUT2D eigenvalue weighted by molar-refractivity contribution is 0.169. The van der Waals surface area contributed by atoms with Gasteiger partial charge < -0.3 is 5.73 Å². The number of hydrogen-bond acceptors (Lipinski definition) is 4.